The summed E-state index contributed by atoms with van der Waals surface area (Å²) >= 11 is 0. The van der Waals surface area contributed by atoms with Gasteiger partial charge in [-0.3, -0.25) is 4.68 Å². The Kier molecular flexibility index (Phi) is 12.5. The summed E-state index contributed by atoms with van der Waals surface area (Å²) in [7, 11) is 1.59. The molecular weight excluding hydrogens is 474 g/mol. The minimum absolute atomic E-state index is 0. The van der Waals surface area contributed by atoms with Crippen LogP contribution in [0.3, 0.4) is 0 Å². The Hall–Kier alpha value is -2.02. The van der Waals surface area contributed by atoms with Gasteiger partial charge >= 0.3 is 23.0 Å². The molecule has 1 heterocycles. The van der Waals surface area contributed by atoms with E-state index in [1.807, 2.05) is 82.1 Å². The minimum Gasteiger partial charge on any atom is -0.495 e. The number of hydrogen-bond acceptors (Lipinski definition) is 6. The van der Waals surface area contributed by atoms with E-state index in [-0.39, 0.29) is 36.8 Å². The van der Waals surface area contributed by atoms with Crippen LogP contribution in [0.25, 0.3) is 0 Å². The summed E-state index contributed by atoms with van der Waals surface area (Å²) in [6.45, 7) is 2.45. The van der Waals surface area contributed by atoms with E-state index in [0.717, 1.165) is 11.6 Å². The van der Waals surface area contributed by atoms with Crippen LogP contribution in [0.4, 0.5) is 5.69 Å². The van der Waals surface area contributed by atoms with Gasteiger partial charge < -0.3 is 19.9 Å². The maximum Gasteiger partial charge on any atom is 2.00 e. The first-order valence-electron chi connectivity index (χ1n) is 10.8. The molecule has 0 amide bonds. The molecule has 8 heteroatoms. The summed E-state index contributed by atoms with van der Waals surface area (Å²) in [5.41, 5.74) is 1.76. The van der Waals surface area contributed by atoms with Gasteiger partial charge in [-0.15, -0.1) is 0 Å². The van der Waals surface area contributed by atoms with Gasteiger partial charge in [-0.1, -0.05) is 12.1 Å². The third-order valence-electron chi connectivity index (χ3n) is 4.80. The third kappa shape index (κ3) is 8.33. The van der Waals surface area contributed by atoms with Crippen molar-refractivity contribution in [2.24, 2.45) is 0 Å². The Morgan fingerprint density at radius 1 is 1.09 bits per heavy atom. The van der Waals surface area contributed by atoms with Crippen molar-refractivity contribution in [3.05, 3.63) is 105 Å². The first kappa shape index (κ1) is 28.2. The van der Waals surface area contributed by atoms with E-state index in [0.29, 0.717) is 17.1 Å². The number of methoxy groups -OCH3 is 1. The minimum atomic E-state index is -0.773. The standard InChI is InChI=1S/C21H24N3O4.C5H5.Fe/c1-3-28-21(26)19-12-18(15-8-4-5-9-15)23-24(19)14-16(25)13-22-17-10-6-7-11-20(17)27-2;1-2-4-5-3-1;/h4-12,16,22,25H,3,13-14H2,1-2H3;1-5H;/q;;+2/t16-;;/m0../s1. The Morgan fingerprint density at radius 3 is 2.35 bits per heavy atom. The molecule has 0 unspecified atom stereocenters. The molecule has 0 saturated heterocycles. The van der Waals surface area contributed by atoms with Crippen LogP contribution in [0.5, 0.6) is 5.75 Å². The van der Waals surface area contributed by atoms with Gasteiger partial charge in [0, 0.05) is 12.5 Å². The van der Waals surface area contributed by atoms with Crippen LogP contribution in [0.15, 0.2) is 30.3 Å². The fraction of sp³-hybridized carbons (Fsp3) is 0.231. The Labute approximate surface area is 214 Å². The van der Waals surface area contributed by atoms with Crippen molar-refractivity contribution in [1.29, 1.82) is 0 Å². The van der Waals surface area contributed by atoms with Crippen LogP contribution in [0.1, 0.15) is 23.1 Å². The molecule has 1 aromatic heterocycles. The predicted octanol–water partition coefficient (Wildman–Crippen LogP) is 3.31. The molecule has 2 N–H and O–H groups in total. The maximum atomic E-state index is 12.3. The van der Waals surface area contributed by atoms with Crippen molar-refractivity contribution in [3.63, 3.8) is 0 Å². The van der Waals surface area contributed by atoms with Crippen LogP contribution in [0.2, 0.25) is 0 Å². The number of nitrogens with zero attached hydrogens (tertiary/aromatic N) is 2. The molecule has 2 aliphatic rings. The zero-order valence-electron chi connectivity index (χ0n) is 19.2. The largest absolute Gasteiger partial charge is 2.00 e. The van der Waals surface area contributed by atoms with Gasteiger partial charge in [0.15, 0.2) is 0 Å². The monoisotopic (exact) mass is 503 g/mol. The Morgan fingerprint density at radius 2 is 1.74 bits per heavy atom. The molecule has 2 aromatic rings. The van der Waals surface area contributed by atoms with E-state index < -0.39 is 12.1 Å². The molecule has 178 valence electrons. The number of carbonyl (C=O) groups excluding carboxylic acids is 1. The van der Waals surface area contributed by atoms with Crippen LogP contribution >= 0.6 is 0 Å². The number of anilines is 1. The number of carbonyl (C=O) groups is 1. The molecule has 4 rings (SSSR count). The number of esters is 1. The smallest absolute Gasteiger partial charge is 0.495 e. The van der Waals surface area contributed by atoms with Crippen LogP contribution in [-0.2, 0) is 28.4 Å². The topological polar surface area (TPSA) is 85.6 Å². The second kappa shape index (κ2) is 15.1. The maximum absolute atomic E-state index is 12.3. The van der Waals surface area contributed by atoms with E-state index in [9.17, 15) is 9.90 Å². The molecule has 2 aliphatic carbocycles. The third-order valence-corrected chi connectivity index (χ3v) is 4.80. The first-order valence-corrected chi connectivity index (χ1v) is 10.8. The van der Waals surface area contributed by atoms with E-state index in [1.54, 1.807) is 20.1 Å². The van der Waals surface area contributed by atoms with Crippen molar-refractivity contribution in [2.45, 2.75) is 19.6 Å². The number of rotatable bonds is 9. The normalized spacial score (nSPS) is 16.2. The SMILES string of the molecule is CCOC(=O)c1cc([C]2[CH][CH][CH][CH]2)nn1C[C@@H](O)CNc1ccccc1OC.[CH]1[CH][CH][CH][CH]1.[Fe+2]. The molecule has 2 fully saturated rings. The average molecular weight is 503 g/mol. The molecule has 2 saturated carbocycles. The van der Waals surface area contributed by atoms with E-state index in [4.69, 9.17) is 9.47 Å². The number of nitrogens with one attached hydrogen (secondary N) is 1. The zero-order chi connectivity index (χ0) is 23.5. The zero-order valence-corrected chi connectivity index (χ0v) is 20.3. The Bertz CT molecular complexity index is 856. The molecule has 10 radical (unpaired) electrons. The van der Waals surface area contributed by atoms with Gasteiger partial charge in [0.25, 0.3) is 0 Å². The Balaban J connectivity index is 0.000000603. The fourth-order valence-electron chi connectivity index (χ4n) is 3.21. The van der Waals surface area contributed by atoms with E-state index in [1.165, 1.54) is 4.68 Å². The summed E-state index contributed by atoms with van der Waals surface area (Å²) in [5, 5.41) is 18.1. The van der Waals surface area contributed by atoms with Gasteiger partial charge in [-0.25, -0.2) is 4.79 Å². The van der Waals surface area contributed by atoms with Crippen molar-refractivity contribution in [1.82, 2.24) is 9.78 Å². The molecule has 0 aliphatic heterocycles. The van der Waals surface area contributed by atoms with Crippen molar-refractivity contribution in [2.75, 3.05) is 25.6 Å². The quantitative estimate of drug-likeness (QED) is 0.404. The number of aromatic nitrogens is 2. The molecule has 1 atom stereocenters. The molecule has 0 spiro atoms. The first-order chi connectivity index (χ1) is 16.1. The summed E-state index contributed by atoms with van der Waals surface area (Å²) in [4.78, 5) is 12.3. The second-order valence-corrected chi connectivity index (χ2v) is 7.19. The summed E-state index contributed by atoms with van der Waals surface area (Å²) in [6, 6.07) is 9.16. The van der Waals surface area contributed by atoms with Gasteiger partial charge in [0.1, 0.15) is 11.4 Å². The predicted molar refractivity (Wildman–Crippen MR) is 127 cm³/mol. The van der Waals surface area contributed by atoms with Gasteiger partial charge in [-0.05, 0) is 82.9 Å². The van der Waals surface area contributed by atoms with Gasteiger partial charge in [0.2, 0.25) is 0 Å². The van der Waals surface area contributed by atoms with E-state index >= 15 is 0 Å². The number of ether oxygens (including phenoxy) is 2. The van der Waals surface area contributed by atoms with Crippen LogP contribution < -0.4 is 10.1 Å². The van der Waals surface area contributed by atoms with Gasteiger partial charge in [0.05, 0.1) is 37.7 Å². The number of aliphatic hydroxyl groups excluding tert-OH is 1. The molecular formula is C26H29FeN3O4+2. The summed E-state index contributed by atoms with van der Waals surface area (Å²) in [5.74, 6) is 1.14. The summed E-state index contributed by atoms with van der Waals surface area (Å²) in [6.07, 6.45) is 16.9. The molecule has 1 aromatic carbocycles. The van der Waals surface area contributed by atoms with Crippen molar-refractivity contribution < 1.29 is 36.4 Å². The number of para-hydroxylation sites is 2. The second-order valence-electron chi connectivity index (χ2n) is 7.19. The summed E-state index contributed by atoms with van der Waals surface area (Å²) < 4.78 is 11.9. The van der Waals surface area contributed by atoms with Crippen molar-refractivity contribution >= 4 is 11.7 Å². The molecule has 0 bridgehead atoms. The van der Waals surface area contributed by atoms with Gasteiger partial charge in [-0.2, -0.15) is 5.10 Å². The average Bonchev–Trinajstić information content (AvgIpc) is 3.61. The van der Waals surface area contributed by atoms with Crippen LogP contribution in [0, 0.1) is 63.7 Å². The van der Waals surface area contributed by atoms with E-state index in [2.05, 4.69) is 10.4 Å². The fourth-order valence-corrected chi connectivity index (χ4v) is 3.21. The molecule has 7 nitrogen and oxygen atoms in total. The number of aliphatic hydroxyl groups is 1. The molecule has 34 heavy (non-hydrogen) atoms. The number of benzene rings is 1. The van der Waals surface area contributed by atoms with Crippen molar-refractivity contribution in [3.8, 4) is 5.75 Å². The van der Waals surface area contributed by atoms with Crippen LogP contribution in [-0.4, -0.2) is 47.2 Å². The number of hydrogen-bond donors (Lipinski definition) is 2.